The fraction of sp³-hybridized carbons (Fsp3) is 0.471. The Labute approximate surface area is 152 Å². The van der Waals surface area contributed by atoms with E-state index in [0.29, 0.717) is 23.6 Å². The minimum atomic E-state index is -2.67. The summed E-state index contributed by atoms with van der Waals surface area (Å²) in [5.41, 5.74) is -0.123. The lowest BCUT2D eigenvalue weighted by Gasteiger charge is -2.21. The molecule has 6 nitrogen and oxygen atoms in total. The average Bonchev–Trinajstić information content (AvgIpc) is 2.96. The average molecular weight is 383 g/mol. The second-order valence-electron chi connectivity index (χ2n) is 7.14. The van der Waals surface area contributed by atoms with Crippen molar-refractivity contribution in [2.75, 3.05) is 13.1 Å². The second-order valence-corrected chi connectivity index (χ2v) is 7.53. The van der Waals surface area contributed by atoms with Gasteiger partial charge in [-0.1, -0.05) is 11.6 Å². The van der Waals surface area contributed by atoms with Crippen LogP contribution in [-0.2, 0) is 4.79 Å². The van der Waals surface area contributed by atoms with Gasteiger partial charge in [-0.25, -0.2) is 13.8 Å². The molecule has 0 radical (unpaired) electrons. The van der Waals surface area contributed by atoms with E-state index in [0.717, 1.165) is 5.39 Å². The standard InChI is InChI=1S/C17H17ClF2N4O2/c1-9(15(26)24-3-2-16(8-24)7-17(16,19)20)22-14(25)11-4-10-5-13(18)21-6-12(10)23-11/h4-6,9,23H,2-3,7-8H2,1H3,(H,22,25)/t9-,16?/m1/s1. The summed E-state index contributed by atoms with van der Waals surface area (Å²) in [6, 6.07) is 2.43. The van der Waals surface area contributed by atoms with Crippen molar-refractivity contribution in [3.05, 3.63) is 29.2 Å². The maximum atomic E-state index is 13.5. The molecule has 2 aliphatic rings. The summed E-state index contributed by atoms with van der Waals surface area (Å²) in [7, 11) is 0. The van der Waals surface area contributed by atoms with Crippen LogP contribution in [-0.4, -0.2) is 51.7 Å². The largest absolute Gasteiger partial charge is 0.349 e. The normalized spacial score (nSPS) is 24.8. The van der Waals surface area contributed by atoms with Gasteiger partial charge in [0.1, 0.15) is 16.9 Å². The summed E-state index contributed by atoms with van der Waals surface area (Å²) < 4.78 is 26.9. The van der Waals surface area contributed by atoms with Crippen LogP contribution < -0.4 is 5.32 Å². The van der Waals surface area contributed by atoms with Gasteiger partial charge in [0.25, 0.3) is 11.8 Å². The number of carbonyl (C=O) groups is 2. The smallest absolute Gasteiger partial charge is 0.268 e. The molecule has 2 aromatic rings. The van der Waals surface area contributed by atoms with Crippen molar-refractivity contribution in [2.45, 2.75) is 31.7 Å². The molecule has 1 unspecified atom stereocenters. The monoisotopic (exact) mass is 382 g/mol. The molecule has 0 aromatic carbocycles. The number of likely N-dealkylation sites (tertiary alicyclic amines) is 1. The number of carbonyl (C=O) groups excluding carboxylic acids is 2. The van der Waals surface area contributed by atoms with E-state index >= 15 is 0 Å². The fourth-order valence-electron chi connectivity index (χ4n) is 3.62. The zero-order valence-corrected chi connectivity index (χ0v) is 14.7. The molecule has 4 rings (SSSR count). The molecule has 2 atom stereocenters. The van der Waals surface area contributed by atoms with E-state index in [1.54, 1.807) is 19.1 Å². The Morgan fingerprint density at radius 3 is 2.81 bits per heavy atom. The minimum absolute atomic E-state index is 0.0512. The third-order valence-corrected chi connectivity index (χ3v) is 5.52. The highest BCUT2D eigenvalue weighted by Gasteiger charge is 2.73. The van der Waals surface area contributed by atoms with Crippen molar-refractivity contribution >= 4 is 34.3 Å². The van der Waals surface area contributed by atoms with E-state index in [1.807, 2.05) is 0 Å². The molecule has 2 aromatic heterocycles. The topological polar surface area (TPSA) is 78.1 Å². The zero-order chi connectivity index (χ0) is 18.7. The number of aromatic amines is 1. The van der Waals surface area contributed by atoms with E-state index in [1.165, 1.54) is 11.1 Å². The van der Waals surface area contributed by atoms with E-state index < -0.39 is 23.3 Å². The predicted molar refractivity (Wildman–Crippen MR) is 91.2 cm³/mol. The highest BCUT2D eigenvalue weighted by Crippen LogP contribution is 2.65. The Hall–Kier alpha value is -2.22. The third-order valence-electron chi connectivity index (χ3n) is 5.31. The Morgan fingerprint density at radius 1 is 1.42 bits per heavy atom. The van der Waals surface area contributed by atoms with Gasteiger partial charge in [-0.3, -0.25) is 9.59 Å². The van der Waals surface area contributed by atoms with Gasteiger partial charge in [-0.05, 0) is 25.5 Å². The summed E-state index contributed by atoms with van der Waals surface area (Å²) >= 11 is 5.83. The SMILES string of the molecule is C[C@@H](NC(=O)c1cc2cc(Cl)ncc2[nH]1)C(=O)N1CCC2(C1)CC2(F)F. The summed E-state index contributed by atoms with van der Waals surface area (Å²) in [6.45, 7) is 1.90. The van der Waals surface area contributed by atoms with Crippen molar-refractivity contribution in [3.63, 3.8) is 0 Å². The number of nitrogens with zero attached hydrogens (tertiary/aromatic N) is 2. The lowest BCUT2D eigenvalue weighted by molar-refractivity contribution is -0.132. The Morgan fingerprint density at radius 2 is 2.15 bits per heavy atom. The van der Waals surface area contributed by atoms with Crippen LogP contribution in [0.3, 0.4) is 0 Å². The number of amides is 2. The molecule has 1 aliphatic carbocycles. The number of pyridine rings is 1. The lowest BCUT2D eigenvalue weighted by atomic mass is 10.1. The first kappa shape index (κ1) is 17.2. The van der Waals surface area contributed by atoms with Crippen molar-refractivity contribution < 1.29 is 18.4 Å². The molecule has 26 heavy (non-hydrogen) atoms. The van der Waals surface area contributed by atoms with Gasteiger partial charge in [0.05, 0.1) is 17.1 Å². The Balaban J connectivity index is 1.41. The Bertz CT molecular complexity index is 915. The molecule has 0 bridgehead atoms. The van der Waals surface area contributed by atoms with Gasteiger partial charge in [0, 0.05) is 24.9 Å². The van der Waals surface area contributed by atoms with Crippen molar-refractivity contribution in [2.24, 2.45) is 5.41 Å². The van der Waals surface area contributed by atoms with E-state index in [4.69, 9.17) is 11.6 Å². The number of H-pyrrole nitrogens is 1. The molecular formula is C17H17ClF2N4O2. The van der Waals surface area contributed by atoms with Gasteiger partial charge in [0.15, 0.2) is 0 Å². The number of rotatable bonds is 3. The van der Waals surface area contributed by atoms with Crippen LogP contribution >= 0.6 is 11.6 Å². The summed E-state index contributed by atoms with van der Waals surface area (Å²) in [5.74, 6) is -3.48. The molecule has 3 heterocycles. The number of nitrogens with one attached hydrogen (secondary N) is 2. The summed E-state index contributed by atoms with van der Waals surface area (Å²) in [4.78, 5) is 33.1. The maximum Gasteiger partial charge on any atom is 0.268 e. The van der Waals surface area contributed by atoms with Crippen LogP contribution in [0.5, 0.6) is 0 Å². The van der Waals surface area contributed by atoms with E-state index in [9.17, 15) is 18.4 Å². The molecule has 1 spiro atoms. The number of halogens is 3. The van der Waals surface area contributed by atoms with Crippen molar-refractivity contribution in [1.29, 1.82) is 0 Å². The van der Waals surface area contributed by atoms with Crippen LogP contribution in [0, 0.1) is 5.41 Å². The van der Waals surface area contributed by atoms with Gasteiger partial charge < -0.3 is 15.2 Å². The molecule has 138 valence electrons. The highest BCUT2D eigenvalue weighted by atomic mass is 35.5. The number of alkyl halides is 2. The van der Waals surface area contributed by atoms with Gasteiger partial charge >= 0.3 is 0 Å². The first-order valence-corrected chi connectivity index (χ1v) is 8.70. The number of aromatic nitrogens is 2. The first-order valence-electron chi connectivity index (χ1n) is 8.33. The predicted octanol–water partition coefficient (Wildman–Crippen LogP) is 2.59. The quantitative estimate of drug-likeness (QED) is 0.801. The van der Waals surface area contributed by atoms with Crippen molar-refractivity contribution in [1.82, 2.24) is 20.2 Å². The molecule has 1 saturated heterocycles. The van der Waals surface area contributed by atoms with Crippen molar-refractivity contribution in [3.8, 4) is 0 Å². The number of hydrogen-bond donors (Lipinski definition) is 2. The molecule has 9 heteroatoms. The van der Waals surface area contributed by atoms with Gasteiger partial charge in [-0.2, -0.15) is 0 Å². The Kier molecular flexibility index (Phi) is 3.73. The fourth-order valence-corrected chi connectivity index (χ4v) is 3.79. The molecule has 2 amide bonds. The van der Waals surface area contributed by atoms with E-state index in [-0.39, 0.29) is 24.6 Å². The number of fused-ring (bicyclic) bond motifs is 1. The molecule has 1 aliphatic heterocycles. The minimum Gasteiger partial charge on any atom is -0.349 e. The van der Waals surface area contributed by atoms with Crippen LogP contribution in [0.15, 0.2) is 18.3 Å². The highest BCUT2D eigenvalue weighted by molar-refractivity contribution is 6.30. The summed E-state index contributed by atoms with van der Waals surface area (Å²) in [6.07, 6.45) is 1.67. The molecular weight excluding hydrogens is 366 g/mol. The third kappa shape index (κ3) is 2.72. The van der Waals surface area contributed by atoms with Crippen LogP contribution in [0.4, 0.5) is 8.78 Å². The van der Waals surface area contributed by atoms with Crippen LogP contribution in [0.1, 0.15) is 30.3 Å². The molecule has 1 saturated carbocycles. The first-order chi connectivity index (χ1) is 12.2. The second kappa shape index (κ2) is 5.64. The number of hydrogen-bond acceptors (Lipinski definition) is 3. The molecule has 2 N–H and O–H groups in total. The van der Waals surface area contributed by atoms with E-state index in [2.05, 4.69) is 15.3 Å². The van der Waals surface area contributed by atoms with Gasteiger partial charge in [0.2, 0.25) is 5.91 Å². The molecule has 2 fully saturated rings. The zero-order valence-electron chi connectivity index (χ0n) is 14.0. The van der Waals surface area contributed by atoms with Crippen LogP contribution in [0.2, 0.25) is 5.15 Å². The summed E-state index contributed by atoms with van der Waals surface area (Å²) in [5, 5.41) is 3.65. The lowest BCUT2D eigenvalue weighted by Crippen LogP contribution is -2.46. The maximum absolute atomic E-state index is 13.5. The van der Waals surface area contributed by atoms with Gasteiger partial charge in [-0.15, -0.1) is 0 Å². The van der Waals surface area contributed by atoms with Crippen LogP contribution in [0.25, 0.3) is 10.9 Å².